The van der Waals surface area contributed by atoms with Gasteiger partial charge in [-0.05, 0) is 45.0 Å². The van der Waals surface area contributed by atoms with Crippen molar-refractivity contribution in [3.05, 3.63) is 35.4 Å². The van der Waals surface area contributed by atoms with Crippen molar-refractivity contribution in [3.8, 4) is 11.5 Å². The summed E-state index contributed by atoms with van der Waals surface area (Å²) in [4.78, 5) is 29.1. The maximum absolute atomic E-state index is 12.8. The highest BCUT2D eigenvalue weighted by atomic mass is 16.5. The number of piperazine rings is 1. The van der Waals surface area contributed by atoms with Crippen LogP contribution in [0.2, 0.25) is 0 Å². The summed E-state index contributed by atoms with van der Waals surface area (Å²) in [6.45, 7) is 7.66. The van der Waals surface area contributed by atoms with Crippen molar-refractivity contribution in [2.75, 3.05) is 46.9 Å². The highest BCUT2D eigenvalue weighted by Gasteiger charge is 2.20. The Hall–Kier alpha value is -2.34. The van der Waals surface area contributed by atoms with E-state index in [9.17, 15) is 9.59 Å². The molecule has 0 saturated carbocycles. The summed E-state index contributed by atoms with van der Waals surface area (Å²) >= 11 is 0. The second-order valence-corrected chi connectivity index (χ2v) is 6.99. The van der Waals surface area contributed by atoms with Gasteiger partial charge in [0.15, 0.2) is 5.78 Å². The van der Waals surface area contributed by atoms with Gasteiger partial charge in [0.1, 0.15) is 11.5 Å². The Kier molecular flexibility index (Phi) is 8.51. The number of allylic oxidation sites excluding steroid dienone is 1. The monoisotopic (exact) mass is 388 g/mol. The number of likely N-dealkylation sites (N-methyl/N-ethyl adjacent to an activating group) is 1. The Morgan fingerprint density at radius 1 is 1.11 bits per heavy atom. The van der Waals surface area contributed by atoms with Crippen molar-refractivity contribution in [1.82, 2.24) is 9.80 Å². The van der Waals surface area contributed by atoms with Crippen LogP contribution in [0.4, 0.5) is 0 Å². The van der Waals surface area contributed by atoms with Gasteiger partial charge in [-0.2, -0.15) is 0 Å². The van der Waals surface area contributed by atoms with Crippen molar-refractivity contribution < 1.29 is 19.1 Å². The number of carbonyl (C=O) groups is 2. The summed E-state index contributed by atoms with van der Waals surface area (Å²) in [6.07, 6.45) is 5.51. The fourth-order valence-corrected chi connectivity index (χ4v) is 3.29. The van der Waals surface area contributed by atoms with Crippen molar-refractivity contribution in [2.45, 2.75) is 33.1 Å². The molecule has 28 heavy (non-hydrogen) atoms. The minimum absolute atomic E-state index is 0.127. The summed E-state index contributed by atoms with van der Waals surface area (Å²) in [5, 5.41) is 0. The molecule has 6 heteroatoms. The molecule has 1 saturated heterocycles. The van der Waals surface area contributed by atoms with Crippen molar-refractivity contribution in [3.63, 3.8) is 0 Å². The van der Waals surface area contributed by atoms with Gasteiger partial charge in [-0.3, -0.25) is 9.59 Å². The Bertz CT molecular complexity index is 707. The molecule has 154 valence electrons. The zero-order valence-corrected chi connectivity index (χ0v) is 17.5. The molecule has 1 amide bonds. The van der Waals surface area contributed by atoms with Gasteiger partial charge in [-0.15, -0.1) is 0 Å². The molecule has 0 unspecified atom stereocenters. The number of ketones is 1. The van der Waals surface area contributed by atoms with Gasteiger partial charge in [0.25, 0.3) is 0 Å². The number of methoxy groups -OCH3 is 1. The van der Waals surface area contributed by atoms with E-state index in [1.165, 1.54) is 12.2 Å². The fraction of sp³-hybridized carbons (Fsp3) is 0.545. The third-order valence-corrected chi connectivity index (χ3v) is 4.96. The summed E-state index contributed by atoms with van der Waals surface area (Å²) in [5.41, 5.74) is 1.37. The second kappa shape index (κ2) is 10.9. The molecule has 0 bridgehead atoms. The van der Waals surface area contributed by atoms with E-state index in [4.69, 9.17) is 9.47 Å². The standard InChI is InChI=1S/C22H32N2O4/c1-5-7-8-18-20(28-6-2)11-9-17(22(18)27-4)19(25)10-12-21(26)24-15-13-23(3)14-16-24/h9-12H,5-8,13-16H2,1-4H3. The van der Waals surface area contributed by atoms with Crippen LogP contribution in [0.5, 0.6) is 11.5 Å². The summed E-state index contributed by atoms with van der Waals surface area (Å²) in [7, 11) is 3.60. The molecule has 0 spiro atoms. The predicted octanol–water partition coefficient (Wildman–Crippen LogP) is 2.95. The molecule has 1 fully saturated rings. The minimum atomic E-state index is -0.236. The molecule has 1 aliphatic rings. The maximum atomic E-state index is 12.8. The molecule has 0 N–H and O–H groups in total. The third kappa shape index (κ3) is 5.58. The number of carbonyl (C=O) groups excluding carboxylic acids is 2. The van der Waals surface area contributed by atoms with Crippen LogP contribution in [0.3, 0.4) is 0 Å². The Morgan fingerprint density at radius 2 is 1.82 bits per heavy atom. The first-order valence-corrected chi connectivity index (χ1v) is 10.0. The number of nitrogens with zero attached hydrogens (tertiary/aromatic N) is 2. The van der Waals surface area contributed by atoms with E-state index in [1.54, 1.807) is 18.1 Å². The lowest BCUT2D eigenvalue weighted by molar-refractivity contribution is -0.127. The molecular weight excluding hydrogens is 356 g/mol. The van der Waals surface area contributed by atoms with Crippen LogP contribution >= 0.6 is 0 Å². The lowest BCUT2D eigenvalue weighted by atomic mass is 9.99. The van der Waals surface area contributed by atoms with Crippen molar-refractivity contribution in [2.24, 2.45) is 0 Å². The van der Waals surface area contributed by atoms with Gasteiger partial charge in [0.05, 0.1) is 19.3 Å². The van der Waals surface area contributed by atoms with Crippen LogP contribution in [-0.4, -0.2) is 68.4 Å². The average Bonchev–Trinajstić information content (AvgIpc) is 2.71. The molecular formula is C22H32N2O4. The molecule has 0 aromatic heterocycles. The highest BCUT2D eigenvalue weighted by Crippen LogP contribution is 2.34. The molecule has 0 radical (unpaired) electrons. The smallest absolute Gasteiger partial charge is 0.246 e. The van der Waals surface area contributed by atoms with E-state index in [1.807, 2.05) is 20.0 Å². The molecule has 1 aliphatic heterocycles. The van der Waals surface area contributed by atoms with E-state index < -0.39 is 0 Å². The lowest BCUT2D eigenvalue weighted by Gasteiger charge is -2.31. The van der Waals surface area contributed by atoms with Crippen LogP contribution in [0.25, 0.3) is 0 Å². The Labute approximate surface area is 168 Å². The number of unbranched alkanes of at least 4 members (excludes halogenated alkanes) is 1. The average molecular weight is 389 g/mol. The van der Waals surface area contributed by atoms with Gasteiger partial charge < -0.3 is 19.3 Å². The third-order valence-electron chi connectivity index (χ3n) is 4.96. The van der Waals surface area contributed by atoms with Crippen LogP contribution < -0.4 is 9.47 Å². The van der Waals surface area contributed by atoms with Crippen LogP contribution in [-0.2, 0) is 11.2 Å². The Balaban J connectivity index is 2.20. The van der Waals surface area contributed by atoms with E-state index in [0.29, 0.717) is 31.0 Å². The maximum Gasteiger partial charge on any atom is 0.246 e. The van der Waals surface area contributed by atoms with E-state index in [2.05, 4.69) is 11.8 Å². The molecule has 1 heterocycles. The number of amides is 1. The minimum Gasteiger partial charge on any atom is -0.496 e. The normalized spacial score (nSPS) is 15.1. The van der Waals surface area contributed by atoms with Gasteiger partial charge in [0.2, 0.25) is 5.91 Å². The van der Waals surface area contributed by atoms with Crippen LogP contribution in [0, 0.1) is 0 Å². The molecule has 2 rings (SSSR count). The van der Waals surface area contributed by atoms with Gasteiger partial charge >= 0.3 is 0 Å². The highest BCUT2D eigenvalue weighted by molar-refractivity contribution is 6.09. The number of ether oxygens (including phenoxy) is 2. The molecule has 1 aromatic rings. The molecule has 6 nitrogen and oxygen atoms in total. The fourth-order valence-electron chi connectivity index (χ4n) is 3.29. The number of hydrogen-bond donors (Lipinski definition) is 0. The molecule has 1 aromatic carbocycles. The quantitative estimate of drug-likeness (QED) is 0.481. The van der Waals surface area contributed by atoms with Gasteiger partial charge in [-0.1, -0.05) is 13.3 Å². The lowest BCUT2D eigenvalue weighted by Crippen LogP contribution is -2.46. The van der Waals surface area contributed by atoms with Gasteiger partial charge in [-0.25, -0.2) is 0 Å². The SMILES string of the molecule is CCCCc1c(OCC)ccc(C(=O)C=CC(=O)N2CCN(C)CC2)c1OC. The van der Waals surface area contributed by atoms with Crippen molar-refractivity contribution >= 4 is 11.7 Å². The molecule has 0 atom stereocenters. The second-order valence-electron chi connectivity index (χ2n) is 6.99. The van der Waals surface area contributed by atoms with Crippen LogP contribution in [0.15, 0.2) is 24.3 Å². The van der Waals surface area contributed by atoms with E-state index in [-0.39, 0.29) is 11.7 Å². The van der Waals surface area contributed by atoms with E-state index >= 15 is 0 Å². The summed E-state index contributed by atoms with van der Waals surface area (Å²) < 4.78 is 11.3. The Morgan fingerprint density at radius 3 is 2.43 bits per heavy atom. The van der Waals surface area contributed by atoms with Crippen molar-refractivity contribution in [1.29, 1.82) is 0 Å². The largest absolute Gasteiger partial charge is 0.496 e. The number of benzene rings is 1. The first kappa shape index (κ1) is 22.0. The first-order chi connectivity index (χ1) is 13.5. The number of hydrogen-bond acceptors (Lipinski definition) is 5. The number of rotatable bonds is 9. The van der Waals surface area contributed by atoms with E-state index in [0.717, 1.165) is 43.7 Å². The zero-order valence-electron chi connectivity index (χ0n) is 17.5. The van der Waals surface area contributed by atoms with Gasteiger partial charge in [0, 0.05) is 37.8 Å². The zero-order chi connectivity index (χ0) is 20.5. The summed E-state index contributed by atoms with van der Waals surface area (Å²) in [5.74, 6) is 0.931. The topological polar surface area (TPSA) is 59.1 Å². The summed E-state index contributed by atoms with van der Waals surface area (Å²) in [6, 6.07) is 3.53. The first-order valence-electron chi connectivity index (χ1n) is 10.0. The van der Waals surface area contributed by atoms with Crippen LogP contribution in [0.1, 0.15) is 42.6 Å². The predicted molar refractivity (Wildman–Crippen MR) is 110 cm³/mol. The molecule has 0 aliphatic carbocycles.